The van der Waals surface area contributed by atoms with Crippen molar-refractivity contribution >= 4 is 27.3 Å². The highest BCUT2D eigenvalue weighted by atomic mass is 32.1. The van der Waals surface area contributed by atoms with Crippen LogP contribution in [0.15, 0.2) is 24.4 Å². The summed E-state index contributed by atoms with van der Waals surface area (Å²) in [5.41, 5.74) is 4.59. The van der Waals surface area contributed by atoms with E-state index in [0.29, 0.717) is 0 Å². The molecule has 0 aromatic carbocycles. The lowest BCUT2D eigenvalue weighted by molar-refractivity contribution is 1.15. The zero-order chi connectivity index (χ0) is 8.67. The van der Waals surface area contributed by atoms with Gasteiger partial charge in [-0.05, 0) is 0 Å². The van der Waals surface area contributed by atoms with Crippen molar-refractivity contribution in [1.29, 1.82) is 0 Å². The molecule has 1 aliphatic carbocycles. The summed E-state index contributed by atoms with van der Waals surface area (Å²) >= 11 is 1.43. The molecule has 0 amide bonds. The zero-order valence-electron chi connectivity index (χ0n) is 6.56. The van der Waals surface area contributed by atoms with E-state index in [4.69, 9.17) is 0 Å². The molecule has 0 bridgehead atoms. The molecule has 0 spiro atoms. The number of thiazole rings is 1. The molecule has 1 aliphatic rings. The summed E-state index contributed by atoms with van der Waals surface area (Å²) in [6.45, 7) is 0. The van der Waals surface area contributed by atoms with Gasteiger partial charge in [0.15, 0.2) is 17.0 Å². The Labute approximate surface area is 78.5 Å². The number of aromatic nitrogens is 3. The Morgan fingerprint density at radius 2 is 2.31 bits per heavy atom. The van der Waals surface area contributed by atoms with Crippen LogP contribution in [-0.2, 0) is 0 Å². The molecule has 3 rings (SSSR count). The normalized spacial score (nSPS) is 14.3. The minimum Gasteiger partial charge on any atom is -0.235 e. The predicted molar refractivity (Wildman–Crippen MR) is 51.2 cm³/mol. The number of hydrogen-bond acceptors (Lipinski definition) is 4. The largest absolute Gasteiger partial charge is 0.235 e. The monoisotopic (exact) mass is 186 g/mol. The van der Waals surface area contributed by atoms with Crippen molar-refractivity contribution in [3.8, 4) is 0 Å². The first-order chi connectivity index (χ1) is 6.43. The van der Waals surface area contributed by atoms with Crippen molar-refractivity contribution in [2.45, 2.75) is 0 Å². The van der Waals surface area contributed by atoms with Crippen LogP contribution in [0.4, 0.5) is 0 Å². The molecular formula is C9H4N3S. The van der Waals surface area contributed by atoms with Crippen LogP contribution in [-0.4, -0.2) is 15.0 Å². The summed E-state index contributed by atoms with van der Waals surface area (Å²) in [6.07, 6.45) is 7.73. The third-order valence-electron chi connectivity index (χ3n) is 1.85. The van der Waals surface area contributed by atoms with Gasteiger partial charge >= 0.3 is 0 Å². The van der Waals surface area contributed by atoms with Gasteiger partial charge in [0.05, 0.1) is 10.9 Å². The minimum atomic E-state index is 0.733. The molecule has 0 fully saturated rings. The Morgan fingerprint density at radius 1 is 1.38 bits per heavy atom. The van der Waals surface area contributed by atoms with Crippen molar-refractivity contribution < 1.29 is 0 Å². The number of fused-ring (bicyclic) bond motifs is 1. The highest BCUT2D eigenvalue weighted by Crippen LogP contribution is 2.21. The maximum atomic E-state index is 4.29. The number of hydrogen-bond donors (Lipinski definition) is 0. The molecule has 61 valence electrons. The lowest BCUT2D eigenvalue weighted by atomic mass is 10.1. The highest BCUT2D eigenvalue weighted by Gasteiger charge is 2.07. The summed E-state index contributed by atoms with van der Waals surface area (Å²) in [5, 5.41) is 0. The molecule has 2 heterocycles. The third kappa shape index (κ3) is 0.990. The molecule has 0 saturated heterocycles. The zero-order valence-corrected chi connectivity index (χ0v) is 7.38. The Balaban J connectivity index is 2.20. The van der Waals surface area contributed by atoms with E-state index < -0.39 is 0 Å². The number of allylic oxidation sites excluding steroid dienone is 4. The molecule has 0 unspecified atom stereocenters. The van der Waals surface area contributed by atoms with Crippen LogP contribution in [0.1, 0.15) is 5.82 Å². The van der Waals surface area contributed by atoms with Crippen LogP contribution < -0.4 is 0 Å². The van der Waals surface area contributed by atoms with Crippen LogP contribution in [0, 0.1) is 5.51 Å². The summed E-state index contributed by atoms with van der Waals surface area (Å²) in [7, 11) is 0. The van der Waals surface area contributed by atoms with Gasteiger partial charge in [0.1, 0.15) is 0 Å². The number of nitrogens with zero attached hydrogens (tertiary/aromatic N) is 3. The Morgan fingerprint density at radius 3 is 3.08 bits per heavy atom. The van der Waals surface area contributed by atoms with E-state index in [1.807, 2.05) is 18.2 Å². The van der Waals surface area contributed by atoms with Crippen LogP contribution in [0.5, 0.6) is 0 Å². The fourth-order valence-electron chi connectivity index (χ4n) is 1.11. The van der Waals surface area contributed by atoms with Crippen molar-refractivity contribution in [2.75, 3.05) is 0 Å². The standard InChI is InChI=1S/C9H4N3S/c1-2-6(3-1)8-10-4-7-9(12-8)11-5-13-7/h1-4H. The topological polar surface area (TPSA) is 38.7 Å². The van der Waals surface area contributed by atoms with Gasteiger partial charge < -0.3 is 0 Å². The first kappa shape index (κ1) is 6.91. The Kier molecular flexibility index (Phi) is 1.31. The molecule has 2 aromatic rings. The van der Waals surface area contributed by atoms with Gasteiger partial charge in [0.2, 0.25) is 0 Å². The Bertz CT molecular complexity index is 524. The van der Waals surface area contributed by atoms with Crippen molar-refractivity contribution in [1.82, 2.24) is 15.0 Å². The maximum Gasteiger partial charge on any atom is 0.174 e. The molecule has 3 nitrogen and oxygen atoms in total. The van der Waals surface area contributed by atoms with E-state index in [0.717, 1.165) is 21.7 Å². The van der Waals surface area contributed by atoms with Crippen molar-refractivity contribution in [3.05, 3.63) is 35.8 Å². The van der Waals surface area contributed by atoms with Gasteiger partial charge in [-0.25, -0.2) is 15.0 Å². The molecular weight excluding hydrogens is 182 g/mol. The summed E-state index contributed by atoms with van der Waals surface area (Å²) in [6, 6.07) is 0. The van der Waals surface area contributed by atoms with Crippen LogP contribution in [0.25, 0.3) is 15.9 Å². The fraction of sp³-hybridized carbons (Fsp3) is 0. The first-order valence-corrected chi connectivity index (χ1v) is 4.63. The number of rotatable bonds is 1. The van der Waals surface area contributed by atoms with Crippen LogP contribution >= 0.6 is 11.3 Å². The van der Waals surface area contributed by atoms with E-state index in [1.54, 1.807) is 6.20 Å². The van der Waals surface area contributed by atoms with Gasteiger partial charge in [-0.2, -0.15) is 0 Å². The van der Waals surface area contributed by atoms with E-state index in [1.165, 1.54) is 11.3 Å². The maximum absolute atomic E-state index is 4.29. The van der Waals surface area contributed by atoms with E-state index >= 15 is 0 Å². The summed E-state index contributed by atoms with van der Waals surface area (Å²) in [4.78, 5) is 12.5. The van der Waals surface area contributed by atoms with Crippen LogP contribution in [0.2, 0.25) is 0 Å². The lowest BCUT2D eigenvalue weighted by Gasteiger charge is -2.03. The molecule has 1 radical (unpaired) electrons. The fourth-order valence-corrected chi connectivity index (χ4v) is 1.63. The molecule has 4 heteroatoms. The molecule has 0 aliphatic heterocycles. The molecule has 0 saturated carbocycles. The smallest absolute Gasteiger partial charge is 0.174 e. The van der Waals surface area contributed by atoms with Gasteiger partial charge in [-0.3, -0.25) is 0 Å². The van der Waals surface area contributed by atoms with E-state index in [-0.39, 0.29) is 0 Å². The second-order valence-electron chi connectivity index (χ2n) is 2.67. The highest BCUT2D eigenvalue weighted by molar-refractivity contribution is 7.16. The van der Waals surface area contributed by atoms with Crippen LogP contribution in [0.3, 0.4) is 0 Å². The first-order valence-electron chi connectivity index (χ1n) is 3.82. The predicted octanol–water partition coefficient (Wildman–Crippen LogP) is 1.84. The second kappa shape index (κ2) is 2.47. The third-order valence-corrected chi connectivity index (χ3v) is 2.54. The average molecular weight is 186 g/mol. The van der Waals surface area contributed by atoms with Gasteiger partial charge in [-0.1, -0.05) is 18.2 Å². The van der Waals surface area contributed by atoms with E-state index in [9.17, 15) is 0 Å². The molecule has 13 heavy (non-hydrogen) atoms. The van der Waals surface area contributed by atoms with E-state index in [2.05, 4.69) is 20.5 Å². The van der Waals surface area contributed by atoms with Gasteiger partial charge in [0.25, 0.3) is 0 Å². The van der Waals surface area contributed by atoms with Gasteiger partial charge in [0, 0.05) is 5.57 Å². The van der Waals surface area contributed by atoms with Crippen molar-refractivity contribution in [3.63, 3.8) is 0 Å². The molecule has 0 atom stereocenters. The Hall–Kier alpha value is -1.55. The molecule has 0 N–H and O–H groups in total. The second-order valence-corrected chi connectivity index (χ2v) is 3.49. The van der Waals surface area contributed by atoms with Crippen molar-refractivity contribution in [2.24, 2.45) is 0 Å². The summed E-state index contributed by atoms with van der Waals surface area (Å²) in [5.74, 6) is 0.745. The minimum absolute atomic E-state index is 0.733. The lowest BCUT2D eigenvalue weighted by Crippen LogP contribution is -1.94. The quantitative estimate of drug-likeness (QED) is 0.682. The molecule has 2 aromatic heterocycles. The average Bonchev–Trinajstić information content (AvgIpc) is 2.47. The summed E-state index contributed by atoms with van der Waals surface area (Å²) < 4.78 is 0.979. The van der Waals surface area contributed by atoms with Gasteiger partial charge in [-0.15, -0.1) is 11.3 Å². The SMILES string of the molecule is [c]1nc2nc(C3=CC=C3)ncc2s1.